The van der Waals surface area contributed by atoms with E-state index in [1.54, 1.807) is 39.5 Å². The molecule has 12 heteroatoms. The van der Waals surface area contributed by atoms with Gasteiger partial charge in [0, 0.05) is 34.9 Å². The first kappa shape index (κ1) is 42.4. The number of rotatable bonds is 12. The number of sulfonamides is 1. The van der Waals surface area contributed by atoms with Crippen molar-refractivity contribution in [1.82, 2.24) is 29.0 Å². The van der Waals surface area contributed by atoms with Crippen molar-refractivity contribution in [2.24, 2.45) is 7.05 Å². The number of hydrogen-bond acceptors (Lipinski definition) is 8. The molecule has 1 aromatic carbocycles. The van der Waals surface area contributed by atoms with Gasteiger partial charge in [-0.3, -0.25) is 9.48 Å². The second-order valence-corrected chi connectivity index (χ2v) is 12.4. The van der Waals surface area contributed by atoms with E-state index in [0.717, 1.165) is 18.5 Å². The molecular formula is C34H56N6O5S. The maximum Gasteiger partial charge on any atom is 0.277 e. The number of ether oxygens (including phenoxy) is 2. The summed E-state index contributed by atoms with van der Waals surface area (Å²) >= 11 is 0. The van der Waals surface area contributed by atoms with Crippen molar-refractivity contribution in [3.05, 3.63) is 70.7 Å². The number of hydrogen-bond donors (Lipinski definition) is 1. The lowest BCUT2D eigenvalue weighted by Gasteiger charge is -2.17. The van der Waals surface area contributed by atoms with Crippen LogP contribution in [0.3, 0.4) is 0 Å². The van der Waals surface area contributed by atoms with Crippen LogP contribution in [0.2, 0.25) is 0 Å². The Kier molecular flexibility index (Phi) is 21.1. The summed E-state index contributed by atoms with van der Waals surface area (Å²) in [6.45, 7) is 10.6. The average Bonchev–Trinajstić information content (AvgIpc) is 3.33. The molecule has 0 unspecified atom stereocenters. The third kappa shape index (κ3) is 13.4. The van der Waals surface area contributed by atoms with Crippen LogP contribution >= 0.6 is 0 Å². The van der Waals surface area contributed by atoms with Crippen LogP contribution in [-0.2, 0) is 28.2 Å². The van der Waals surface area contributed by atoms with Gasteiger partial charge in [0.15, 0.2) is 5.52 Å². The molecule has 0 atom stereocenters. The summed E-state index contributed by atoms with van der Waals surface area (Å²) < 4.78 is 39.6. The maximum absolute atomic E-state index is 13.3. The molecule has 0 fully saturated rings. The number of likely N-dealkylation sites (N-methyl/N-ethyl adjacent to an activating group) is 1. The topological polar surface area (TPSA) is 123 Å². The van der Waals surface area contributed by atoms with Gasteiger partial charge in [0.2, 0.25) is 10.0 Å². The van der Waals surface area contributed by atoms with Gasteiger partial charge in [0.05, 0.1) is 22.8 Å². The minimum absolute atomic E-state index is 0.0782. The zero-order valence-electron chi connectivity index (χ0n) is 29.9. The lowest BCUT2D eigenvalue weighted by atomic mass is 10.1. The van der Waals surface area contributed by atoms with Crippen LogP contribution in [0.15, 0.2) is 64.3 Å². The summed E-state index contributed by atoms with van der Waals surface area (Å²) in [4.78, 5) is 22.6. The van der Waals surface area contributed by atoms with Crippen molar-refractivity contribution >= 4 is 21.1 Å². The molecule has 1 N–H and O–H groups in total. The van der Waals surface area contributed by atoms with Crippen LogP contribution in [0, 0.1) is 0 Å². The second kappa shape index (κ2) is 22.8. The van der Waals surface area contributed by atoms with Crippen molar-refractivity contribution in [2.45, 2.75) is 58.8 Å². The molecule has 0 saturated heterocycles. The molecule has 0 aliphatic carbocycles. The number of nitrogens with one attached hydrogen (secondary N) is 1. The average molecular weight is 661 g/mol. The highest BCUT2D eigenvalue weighted by Gasteiger charge is 2.24. The fraction of sp³-hybridized carbons (Fsp3) is 0.500. The van der Waals surface area contributed by atoms with Crippen molar-refractivity contribution in [3.8, 4) is 17.1 Å². The van der Waals surface area contributed by atoms with E-state index in [-0.39, 0.29) is 22.8 Å². The quantitative estimate of drug-likeness (QED) is 0.241. The van der Waals surface area contributed by atoms with E-state index in [9.17, 15) is 13.2 Å². The molecule has 258 valence electrons. The summed E-state index contributed by atoms with van der Waals surface area (Å²) in [5.74, 6) is 0.684. The number of benzene rings is 1. The first-order valence-electron chi connectivity index (χ1n) is 15.5. The highest BCUT2D eigenvalue weighted by molar-refractivity contribution is 7.89. The van der Waals surface area contributed by atoms with E-state index in [1.807, 2.05) is 85.0 Å². The summed E-state index contributed by atoms with van der Waals surface area (Å²) in [6.07, 6.45) is 13.3. The highest BCUT2D eigenvalue weighted by Crippen LogP contribution is 2.32. The zero-order valence-corrected chi connectivity index (χ0v) is 30.7. The fourth-order valence-corrected chi connectivity index (χ4v) is 4.93. The standard InChI is InChI=1S/C27H35N5O4S.C3H9N.C2H6O.C2H6/c1-6-9-10-11-12-13-17-31(4)37(34,35)20-15-16-23(36-18-8-3)21(19-20)26-28-24-22(14-7-2)30-32(5)25(24)27(33)29-26;1-4(2)3;1-3-2;1-2/h6,9-13,15-16,19H,7-8,14,17-18H2,1-5H3,(H,28,29,33);1-3H3;1-2H3;1-2H3/b9-6-,11-10-,13-12+;;;. The largest absolute Gasteiger partial charge is 0.493 e. The third-order valence-electron chi connectivity index (χ3n) is 5.65. The Morgan fingerprint density at radius 2 is 1.61 bits per heavy atom. The predicted octanol–water partition coefficient (Wildman–Crippen LogP) is 5.84. The van der Waals surface area contributed by atoms with Crippen LogP contribution in [-0.4, -0.2) is 92.9 Å². The minimum Gasteiger partial charge on any atom is -0.493 e. The SMILES string of the molecule is CC.CN(C)C.COC.C\C=C/C=C\C=C\CN(C)S(=O)(=O)c1ccc(OCCC)c(-c2nc3c(CCC)nn(C)c3c(=O)[nH]2)c1. The minimum atomic E-state index is -3.82. The summed E-state index contributed by atoms with van der Waals surface area (Å²) in [5.41, 5.74) is 1.66. The molecule has 0 aliphatic heterocycles. The number of aryl methyl sites for hydroxylation is 2. The molecule has 0 radical (unpaired) electrons. The van der Waals surface area contributed by atoms with E-state index in [1.165, 1.54) is 28.2 Å². The Hall–Kier alpha value is -3.58. The van der Waals surface area contributed by atoms with E-state index in [2.05, 4.69) is 14.8 Å². The summed E-state index contributed by atoms with van der Waals surface area (Å²) in [6, 6.07) is 4.63. The molecule has 2 heterocycles. The fourth-order valence-electron chi connectivity index (χ4n) is 3.78. The third-order valence-corrected chi connectivity index (χ3v) is 7.47. The first-order valence-corrected chi connectivity index (χ1v) is 17.0. The van der Waals surface area contributed by atoms with Gasteiger partial charge in [-0.15, -0.1) is 0 Å². The lowest BCUT2D eigenvalue weighted by molar-refractivity contribution is 0.277. The Balaban J connectivity index is 0.00000201. The van der Waals surface area contributed by atoms with Gasteiger partial charge in [-0.1, -0.05) is 70.6 Å². The normalized spacial score (nSPS) is 11.5. The summed E-state index contributed by atoms with van der Waals surface area (Å²) in [5, 5.41) is 4.46. The smallest absolute Gasteiger partial charge is 0.277 e. The second-order valence-electron chi connectivity index (χ2n) is 10.3. The molecule has 0 bridgehead atoms. The number of fused-ring (bicyclic) bond motifs is 1. The molecule has 3 aromatic rings. The number of aromatic amines is 1. The van der Waals surface area contributed by atoms with Gasteiger partial charge in [0.25, 0.3) is 5.56 Å². The van der Waals surface area contributed by atoms with Crippen molar-refractivity contribution in [1.29, 1.82) is 0 Å². The van der Waals surface area contributed by atoms with Crippen molar-refractivity contribution in [3.63, 3.8) is 0 Å². The van der Waals surface area contributed by atoms with E-state index < -0.39 is 10.0 Å². The molecule has 11 nitrogen and oxygen atoms in total. The van der Waals surface area contributed by atoms with Crippen LogP contribution < -0.4 is 10.3 Å². The predicted molar refractivity (Wildman–Crippen MR) is 191 cm³/mol. The van der Waals surface area contributed by atoms with Gasteiger partial charge in [-0.2, -0.15) is 9.40 Å². The maximum atomic E-state index is 13.3. The molecule has 0 spiro atoms. The Labute approximate surface area is 276 Å². The van der Waals surface area contributed by atoms with Crippen LogP contribution in [0.5, 0.6) is 5.75 Å². The molecule has 46 heavy (non-hydrogen) atoms. The van der Waals surface area contributed by atoms with Crippen LogP contribution in [0.4, 0.5) is 0 Å². The van der Waals surface area contributed by atoms with Crippen LogP contribution in [0.1, 0.15) is 53.2 Å². The first-order chi connectivity index (χ1) is 21.9. The number of allylic oxidation sites excluding steroid dienone is 5. The Morgan fingerprint density at radius 3 is 2.17 bits per heavy atom. The van der Waals surface area contributed by atoms with Gasteiger partial charge in [-0.25, -0.2) is 13.4 Å². The summed E-state index contributed by atoms with van der Waals surface area (Å²) in [7, 11) is 8.67. The molecular weight excluding hydrogens is 604 g/mol. The number of methoxy groups -OCH3 is 1. The molecule has 3 rings (SSSR count). The van der Waals surface area contributed by atoms with Gasteiger partial charge in [-0.05, 0) is 59.1 Å². The van der Waals surface area contributed by atoms with E-state index in [0.29, 0.717) is 35.4 Å². The highest BCUT2D eigenvalue weighted by atomic mass is 32.2. The van der Waals surface area contributed by atoms with Gasteiger partial charge >= 0.3 is 0 Å². The number of H-pyrrole nitrogens is 1. The van der Waals surface area contributed by atoms with Gasteiger partial charge in [0.1, 0.15) is 17.1 Å². The number of nitrogens with zero attached hydrogens (tertiary/aromatic N) is 5. The molecule has 0 amide bonds. The molecule has 0 saturated carbocycles. The van der Waals surface area contributed by atoms with Crippen LogP contribution in [0.25, 0.3) is 22.4 Å². The number of aromatic nitrogens is 4. The Bertz CT molecular complexity index is 1550. The van der Waals surface area contributed by atoms with Crippen molar-refractivity contribution < 1.29 is 17.9 Å². The lowest BCUT2D eigenvalue weighted by Crippen LogP contribution is -2.27. The van der Waals surface area contributed by atoms with Gasteiger partial charge < -0.3 is 19.4 Å². The van der Waals surface area contributed by atoms with Crippen molar-refractivity contribution in [2.75, 3.05) is 55.6 Å². The molecule has 2 aromatic heterocycles. The monoisotopic (exact) mass is 660 g/mol. The van der Waals surface area contributed by atoms with E-state index in [4.69, 9.17) is 9.72 Å². The Morgan fingerprint density at radius 1 is 1.00 bits per heavy atom. The zero-order chi connectivity index (χ0) is 35.3. The molecule has 0 aliphatic rings. The van der Waals surface area contributed by atoms with E-state index >= 15 is 0 Å².